The molecule has 2 N–H and O–H groups in total. The Morgan fingerprint density at radius 3 is 2.43 bits per heavy atom. The van der Waals surface area contributed by atoms with Crippen molar-refractivity contribution < 1.29 is 19.0 Å². The van der Waals surface area contributed by atoms with Crippen molar-refractivity contribution in [1.82, 2.24) is 4.90 Å². The fraction of sp³-hybridized carbons (Fsp3) is 0.708. The average molecular weight is 419 g/mol. The van der Waals surface area contributed by atoms with Gasteiger partial charge in [-0.15, -0.1) is 0 Å². The van der Waals surface area contributed by atoms with Gasteiger partial charge in [0.15, 0.2) is 11.5 Å². The third kappa shape index (κ3) is 4.75. The van der Waals surface area contributed by atoms with Crippen LogP contribution < -0.4 is 15.2 Å². The van der Waals surface area contributed by atoms with Crippen LogP contribution in [0.1, 0.15) is 57.7 Å². The molecule has 0 amide bonds. The number of ether oxygens (including phenoxy) is 3. The molecule has 6 nitrogen and oxygen atoms in total. The molecular formula is C24H38N2O4. The van der Waals surface area contributed by atoms with E-state index in [9.17, 15) is 4.79 Å². The molecule has 2 aliphatic rings. The molecule has 0 radical (unpaired) electrons. The summed E-state index contributed by atoms with van der Waals surface area (Å²) in [5.74, 6) is 2.18. The highest BCUT2D eigenvalue weighted by Crippen LogP contribution is 2.44. The maximum atomic E-state index is 12.7. The van der Waals surface area contributed by atoms with Crippen LogP contribution in [0.15, 0.2) is 12.1 Å². The number of nitrogens with two attached hydrogens (primary N) is 1. The normalized spacial score (nSPS) is 24.9. The topological polar surface area (TPSA) is 74.0 Å². The van der Waals surface area contributed by atoms with Crippen LogP contribution in [0.3, 0.4) is 0 Å². The lowest BCUT2D eigenvalue weighted by molar-refractivity contribution is -0.160. The molecule has 168 valence electrons. The fourth-order valence-corrected chi connectivity index (χ4v) is 4.88. The lowest BCUT2D eigenvalue weighted by Gasteiger charge is -2.47. The monoisotopic (exact) mass is 418 g/mol. The number of rotatable bonds is 7. The van der Waals surface area contributed by atoms with Gasteiger partial charge in [-0.2, -0.15) is 0 Å². The first-order valence-electron chi connectivity index (χ1n) is 11.2. The first-order valence-corrected chi connectivity index (χ1v) is 11.2. The van der Waals surface area contributed by atoms with Crippen molar-refractivity contribution in [2.24, 2.45) is 23.5 Å². The van der Waals surface area contributed by atoms with Gasteiger partial charge in [0.25, 0.3) is 0 Å². The second kappa shape index (κ2) is 9.56. The van der Waals surface area contributed by atoms with Crippen molar-refractivity contribution in [3.63, 3.8) is 0 Å². The Hall–Kier alpha value is -1.79. The van der Waals surface area contributed by atoms with Gasteiger partial charge in [0.1, 0.15) is 12.1 Å². The molecule has 4 atom stereocenters. The van der Waals surface area contributed by atoms with Gasteiger partial charge in [0.2, 0.25) is 0 Å². The van der Waals surface area contributed by atoms with Gasteiger partial charge in [0.05, 0.1) is 14.2 Å². The van der Waals surface area contributed by atoms with Crippen LogP contribution in [0.25, 0.3) is 0 Å². The molecule has 2 aliphatic heterocycles. The summed E-state index contributed by atoms with van der Waals surface area (Å²) >= 11 is 0. The standard InChI is InChI=1S/C24H38N2O4/c1-14(2)9-17-13-26-8-7-16-10-21(28-5)22(29-6)11-18(16)19(26)12-20(17)30-24(27)23(25)15(3)4/h10-11,14-15,17,19-20,23H,7-9,12-13,25H2,1-6H3/t17-,19-,20?,23?/m1/s1. The number of esters is 1. The van der Waals surface area contributed by atoms with Crippen LogP contribution in [0, 0.1) is 17.8 Å². The Bertz CT molecular complexity index is 749. The zero-order valence-electron chi connectivity index (χ0n) is 19.3. The third-order valence-corrected chi connectivity index (χ3v) is 6.60. The minimum absolute atomic E-state index is 0.0632. The summed E-state index contributed by atoms with van der Waals surface area (Å²) in [5, 5.41) is 0. The molecular weight excluding hydrogens is 380 g/mol. The molecule has 6 heteroatoms. The number of fused-ring (bicyclic) bond motifs is 3. The summed E-state index contributed by atoms with van der Waals surface area (Å²) in [6, 6.07) is 3.84. The lowest BCUT2D eigenvalue weighted by atomic mass is 9.79. The summed E-state index contributed by atoms with van der Waals surface area (Å²) in [6.07, 6.45) is 2.70. The molecule has 0 aromatic heterocycles. The predicted octanol–water partition coefficient (Wildman–Crippen LogP) is 3.56. The maximum absolute atomic E-state index is 12.7. The highest BCUT2D eigenvalue weighted by molar-refractivity contribution is 5.76. The number of methoxy groups -OCH3 is 2. The molecule has 0 saturated carbocycles. The third-order valence-electron chi connectivity index (χ3n) is 6.60. The van der Waals surface area contributed by atoms with E-state index in [1.54, 1.807) is 14.2 Å². The number of nitrogens with zero attached hydrogens (tertiary/aromatic N) is 1. The zero-order chi connectivity index (χ0) is 22.0. The Morgan fingerprint density at radius 2 is 1.83 bits per heavy atom. The van der Waals surface area contributed by atoms with E-state index in [4.69, 9.17) is 19.9 Å². The fourth-order valence-electron chi connectivity index (χ4n) is 4.88. The first-order chi connectivity index (χ1) is 14.2. The number of hydrogen-bond donors (Lipinski definition) is 1. The largest absolute Gasteiger partial charge is 0.493 e. The molecule has 0 aliphatic carbocycles. The van der Waals surface area contributed by atoms with E-state index in [0.717, 1.165) is 43.9 Å². The number of piperidine rings is 1. The number of hydrogen-bond acceptors (Lipinski definition) is 6. The molecule has 2 heterocycles. The van der Waals surface area contributed by atoms with Crippen LogP contribution in [0.2, 0.25) is 0 Å². The van der Waals surface area contributed by atoms with Crippen molar-refractivity contribution in [3.05, 3.63) is 23.3 Å². The molecule has 2 unspecified atom stereocenters. The van der Waals surface area contributed by atoms with E-state index in [1.165, 1.54) is 11.1 Å². The molecule has 1 fully saturated rings. The van der Waals surface area contributed by atoms with E-state index in [-0.39, 0.29) is 24.0 Å². The first kappa shape index (κ1) is 22.9. The van der Waals surface area contributed by atoms with Crippen LogP contribution in [-0.4, -0.2) is 50.3 Å². The minimum atomic E-state index is -0.578. The van der Waals surface area contributed by atoms with Gasteiger partial charge in [0, 0.05) is 31.5 Å². The van der Waals surface area contributed by atoms with Crippen molar-refractivity contribution in [2.75, 3.05) is 27.3 Å². The van der Waals surface area contributed by atoms with Crippen molar-refractivity contribution in [1.29, 1.82) is 0 Å². The average Bonchev–Trinajstić information content (AvgIpc) is 2.71. The summed E-state index contributed by atoms with van der Waals surface area (Å²) in [6.45, 7) is 10.3. The van der Waals surface area contributed by atoms with Gasteiger partial charge < -0.3 is 19.9 Å². The zero-order valence-corrected chi connectivity index (χ0v) is 19.3. The van der Waals surface area contributed by atoms with E-state index in [2.05, 4.69) is 30.9 Å². The Kier molecular flexibility index (Phi) is 7.30. The van der Waals surface area contributed by atoms with Gasteiger partial charge >= 0.3 is 5.97 Å². The smallest absolute Gasteiger partial charge is 0.323 e. The van der Waals surface area contributed by atoms with Gasteiger partial charge in [-0.3, -0.25) is 9.69 Å². The second-order valence-electron chi connectivity index (χ2n) is 9.54. The molecule has 0 spiro atoms. The summed E-state index contributed by atoms with van der Waals surface area (Å²) in [7, 11) is 3.34. The quantitative estimate of drug-likeness (QED) is 0.683. The number of carbonyl (C=O) groups excluding carboxylic acids is 1. The van der Waals surface area contributed by atoms with Gasteiger partial charge in [-0.25, -0.2) is 0 Å². The Balaban J connectivity index is 1.88. The number of benzene rings is 1. The van der Waals surface area contributed by atoms with E-state index < -0.39 is 6.04 Å². The number of carbonyl (C=O) groups is 1. The van der Waals surface area contributed by atoms with Crippen LogP contribution in [0.5, 0.6) is 11.5 Å². The lowest BCUT2D eigenvalue weighted by Crippen LogP contribution is -2.51. The maximum Gasteiger partial charge on any atom is 0.323 e. The summed E-state index contributed by atoms with van der Waals surface area (Å²) < 4.78 is 17.1. The van der Waals surface area contributed by atoms with E-state index in [1.807, 2.05) is 13.8 Å². The SMILES string of the molecule is COc1cc2c(cc1OC)[C@H]1CC(OC(=O)C(N)C(C)C)[C@H](CC(C)C)CN1CC2. The highest BCUT2D eigenvalue weighted by atomic mass is 16.5. The molecule has 3 rings (SSSR count). The predicted molar refractivity (Wildman–Crippen MR) is 118 cm³/mol. The van der Waals surface area contributed by atoms with Crippen molar-refractivity contribution in [2.45, 2.75) is 65.1 Å². The van der Waals surface area contributed by atoms with Crippen LogP contribution in [0.4, 0.5) is 0 Å². The van der Waals surface area contributed by atoms with Gasteiger partial charge in [-0.05, 0) is 47.9 Å². The minimum Gasteiger partial charge on any atom is -0.493 e. The van der Waals surface area contributed by atoms with Crippen molar-refractivity contribution in [3.8, 4) is 11.5 Å². The van der Waals surface area contributed by atoms with Crippen LogP contribution >= 0.6 is 0 Å². The van der Waals surface area contributed by atoms with Gasteiger partial charge in [-0.1, -0.05) is 27.7 Å². The Morgan fingerprint density at radius 1 is 1.17 bits per heavy atom. The van der Waals surface area contributed by atoms with Crippen LogP contribution in [-0.2, 0) is 16.0 Å². The Labute approximate surface area is 181 Å². The van der Waals surface area contributed by atoms with Crippen molar-refractivity contribution >= 4 is 5.97 Å². The molecule has 1 aromatic rings. The summed E-state index contributed by atoms with van der Waals surface area (Å²) in [4.78, 5) is 15.2. The molecule has 30 heavy (non-hydrogen) atoms. The molecule has 1 aromatic carbocycles. The van der Waals surface area contributed by atoms with E-state index in [0.29, 0.717) is 11.8 Å². The second-order valence-corrected chi connectivity index (χ2v) is 9.54. The summed E-state index contributed by atoms with van der Waals surface area (Å²) in [5.41, 5.74) is 8.64. The molecule has 0 bridgehead atoms. The molecule has 1 saturated heterocycles. The highest BCUT2D eigenvalue weighted by Gasteiger charge is 2.41. The van der Waals surface area contributed by atoms with E-state index >= 15 is 0 Å².